The van der Waals surface area contributed by atoms with Crippen LogP contribution in [0.3, 0.4) is 0 Å². The molecule has 0 saturated heterocycles. The van der Waals surface area contributed by atoms with Gasteiger partial charge in [0.25, 0.3) is 5.91 Å². The van der Waals surface area contributed by atoms with Gasteiger partial charge in [0.05, 0.1) is 18.0 Å². The van der Waals surface area contributed by atoms with E-state index in [2.05, 4.69) is 36.1 Å². The van der Waals surface area contributed by atoms with Gasteiger partial charge in [-0.1, -0.05) is 30.3 Å². The first-order chi connectivity index (χ1) is 17.0. The summed E-state index contributed by atoms with van der Waals surface area (Å²) in [4.78, 5) is 27.0. The van der Waals surface area contributed by atoms with E-state index in [1.54, 1.807) is 28.8 Å². The zero-order valence-corrected chi connectivity index (χ0v) is 19.9. The van der Waals surface area contributed by atoms with Gasteiger partial charge in [-0.3, -0.25) is 14.2 Å². The van der Waals surface area contributed by atoms with Crippen molar-refractivity contribution in [1.29, 1.82) is 0 Å². The number of anilines is 1. The summed E-state index contributed by atoms with van der Waals surface area (Å²) in [5.41, 5.74) is 5.36. The van der Waals surface area contributed by atoms with Gasteiger partial charge in [0.1, 0.15) is 12.4 Å². The summed E-state index contributed by atoms with van der Waals surface area (Å²) in [7, 11) is 0. The summed E-state index contributed by atoms with van der Waals surface area (Å²) in [6.45, 7) is 5.52. The molecule has 1 aliphatic rings. The molecule has 4 aromatic rings. The van der Waals surface area contributed by atoms with Crippen LogP contribution in [0.4, 0.5) is 5.69 Å². The molecule has 2 heterocycles. The predicted molar refractivity (Wildman–Crippen MR) is 137 cm³/mol. The van der Waals surface area contributed by atoms with Crippen molar-refractivity contribution in [2.75, 3.05) is 18.1 Å². The van der Waals surface area contributed by atoms with Crippen molar-refractivity contribution in [3.05, 3.63) is 95.2 Å². The number of likely N-dealkylation sites (N-methyl/N-ethyl adjacent to an activating group) is 1. The zero-order valence-electron chi connectivity index (χ0n) is 19.9. The van der Waals surface area contributed by atoms with Gasteiger partial charge >= 0.3 is 5.97 Å². The van der Waals surface area contributed by atoms with E-state index < -0.39 is 5.97 Å². The van der Waals surface area contributed by atoms with Crippen LogP contribution < -0.4 is 9.64 Å². The van der Waals surface area contributed by atoms with Crippen molar-refractivity contribution in [1.82, 2.24) is 4.57 Å². The fraction of sp³-hybridized carbons (Fsp3) is 0.241. The van der Waals surface area contributed by atoms with Crippen LogP contribution in [0.1, 0.15) is 34.1 Å². The summed E-state index contributed by atoms with van der Waals surface area (Å²) in [5, 5.41) is 10.0. The highest BCUT2D eigenvalue weighted by molar-refractivity contribution is 6.04. The van der Waals surface area contributed by atoms with Gasteiger partial charge in [-0.15, -0.1) is 0 Å². The number of hydrogen-bond acceptors (Lipinski definition) is 4. The fourth-order valence-electron chi connectivity index (χ4n) is 5.13. The number of carboxylic acid groups (broad SMARTS) is 1. The Morgan fingerprint density at radius 3 is 2.54 bits per heavy atom. The van der Waals surface area contributed by atoms with Gasteiger partial charge < -0.3 is 14.7 Å². The molecule has 0 saturated carbocycles. The molecule has 1 atom stereocenters. The van der Waals surface area contributed by atoms with Gasteiger partial charge in [-0.25, -0.2) is 0 Å². The lowest BCUT2D eigenvalue weighted by Crippen LogP contribution is -2.36. The molecule has 1 aliphatic heterocycles. The highest BCUT2D eigenvalue weighted by Crippen LogP contribution is 2.32. The van der Waals surface area contributed by atoms with E-state index in [1.165, 1.54) is 11.3 Å². The summed E-state index contributed by atoms with van der Waals surface area (Å²) in [6, 6.07) is 23.3. The number of benzene rings is 3. The Morgan fingerprint density at radius 1 is 1.03 bits per heavy atom. The molecule has 6 nitrogen and oxygen atoms in total. The van der Waals surface area contributed by atoms with Crippen LogP contribution in [0.5, 0.6) is 5.75 Å². The van der Waals surface area contributed by atoms with Crippen LogP contribution in [0, 0.1) is 6.92 Å². The topological polar surface area (TPSA) is 71.8 Å². The number of para-hydroxylation sites is 1. The summed E-state index contributed by atoms with van der Waals surface area (Å²) < 4.78 is 7.75. The second kappa shape index (κ2) is 9.29. The highest BCUT2D eigenvalue weighted by atomic mass is 16.5. The second-order valence-electron chi connectivity index (χ2n) is 8.95. The van der Waals surface area contributed by atoms with E-state index in [4.69, 9.17) is 4.74 Å². The maximum atomic E-state index is 13.4. The Morgan fingerprint density at radius 2 is 1.80 bits per heavy atom. The minimum absolute atomic E-state index is 0.0808. The fourth-order valence-corrected chi connectivity index (χ4v) is 5.13. The number of fused-ring (bicyclic) bond motifs is 2. The standard InChI is InChI=1S/C29H28N2O4/c1-3-30-23(16-22-7-4-5-9-26(22)30)18-35-24-13-11-20(12-14-24)29(34)31-19(2)15-25-21(17-28(32)33)8-6-10-27(25)31/h4-15,23H,3,16-18H2,1-2H3,(H,32,33)/t23-/m0/s1. The number of nitrogens with zero attached hydrogens (tertiary/aromatic N) is 2. The largest absolute Gasteiger partial charge is 0.491 e. The molecule has 6 heteroatoms. The van der Waals surface area contributed by atoms with E-state index in [-0.39, 0.29) is 18.4 Å². The molecule has 0 radical (unpaired) electrons. The first-order valence-electron chi connectivity index (χ1n) is 11.9. The Bertz CT molecular complexity index is 1400. The van der Waals surface area contributed by atoms with Crippen molar-refractivity contribution < 1.29 is 19.4 Å². The van der Waals surface area contributed by atoms with Gasteiger partial charge in [0.15, 0.2) is 0 Å². The third-order valence-electron chi connectivity index (χ3n) is 6.75. The minimum Gasteiger partial charge on any atom is -0.491 e. The first-order valence-corrected chi connectivity index (χ1v) is 11.9. The molecule has 3 aromatic carbocycles. The average molecular weight is 469 g/mol. The molecule has 0 bridgehead atoms. The Hall–Kier alpha value is -4.06. The van der Waals surface area contributed by atoms with Crippen LogP contribution in [0.25, 0.3) is 10.9 Å². The number of aliphatic carboxylic acids is 1. The third kappa shape index (κ3) is 4.28. The molecule has 1 N–H and O–H groups in total. The van der Waals surface area contributed by atoms with Crippen molar-refractivity contribution in [2.45, 2.75) is 32.7 Å². The smallest absolute Gasteiger partial charge is 0.307 e. The number of rotatable bonds is 7. The van der Waals surface area contributed by atoms with Crippen molar-refractivity contribution in [2.24, 2.45) is 0 Å². The lowest BCUT2D eigenvalue weighted by Gasteiger charge is -2.26. The Kier molecular flexibility index (Phi) is 6.03. The minimum atomic E-state index is -0.895. The van der Waals surface area contributed by atoms with Crippen LogP contribution >= 0.6 is 0 Å². The van der Waals surface area contributed by atoms with Crippen LogP contribution in [-0.4, -0.2) is 40.7 Å². The normalized spacial score (nSPS) is 14.8. The van der Waals surface area contributed by atoms with Gasteiger partial charge in [-0.2, -0.15) is 0 Å². The van der Waals surface area contributed by atoms with Gasteiger partial charge in [0, 0.05) is 28.9 Å². The monoisotopic (exact) mass is 468 g/mol. The van der Waals surface area contributed by atoms with Gasteiger partial charge in [0.2, 0.25) is 0 Å². The SMILES string of the molecule is CCN1c2ccccc2C[C@H]1COc1ccc(C(=O)n2c(C)cc3c(CC(=O)O)cccc32)cc1. The van der Waals surface area contributed by atoms with E-state index in [1.807, 2.05) is 31.2 Å². The Labute approximate surface area is 204 Å². The van der Waals surface area contributed by atoms with Crippen LogP contribution in [0.15, 0.2) is 72.8 Å². The summed E-state index contributed by atoms with van der Waals surface area (Å²) in [6.07, 6.45) is 0.882. The van der Waals surface area contributed by atoms with Crippen molar-refractivity contribution >= 4 is 28.5 Å². The molecule has 0 spiro atoms. The molecule has 35 heavy (non-hydrogen) atoms. The number of carbonyl (C=O) groups is 2. The van der Waals surface area contributed by atoms with Crippen LogP contribution in [-0.2, 0) is 17.6 Å². The lowest BCUT2D eigenvalue weighted by atomic mass is 10.1. The number of ether oxygens (including phenoxy) is 1. The van der Waals surface area contributed by atoms with Gasteiger partial charge in [-0.05, 0) is 73.9 Å². The van der Waals surface area contributed by atoms with Crippen molar-refractivity contribution in [3.8, 4) is 5.75 Å². The predicted octanol–water partition coefficient (Wildman–Crippen LogP) is 5.10. The van der Waals surface area contributed by atoms with E-state index in [0.717, 1.165) is 29.8 Å². The molecule has 0 unspecified atom stereocenters. The maximum absolute atomic E-state index is 13.4. The number of carbonyl (C=O) groups excluding carboxylic acids is 1. The zero-order chi connectivity index (χ0) is 24.5. The van der Waals surface area contributed by atoms with E-state index in [0.29, 0.717) is 23.3 Å². The average Bonchev–Trinajstić information content (AvgIpc) is 3.39. The number of carboxylic acids is 1. The Balaban J connectivity index is 1.31. The molecule has 5 rings (SSSR count). The second-order valence-corrected chi connectivity index (χ2v) is 8.95. The molecular weight excluding hydrogens is 440 g/mol. The number of aryl methyl sites for hydroxylation is 1. The molecule has 178 valence electrons. The van der Waals surface area contributed by atoms with Crippen molar-refractivity contribution in [3.63, 3.8) is 0 Å². The quantitative estimate of drug-likeness (QED) is 0.409. The highest BCUT2D eigenvalue weighted by Gasteiger charge is 2.28. The molecule has 0 aliphatic carbocycles. The third-order valence-corrected chi connectivity index (χ3v) is 6.75. The number of aromatic nitrogens is 1. The molecule has 1 aromatic heterocycles. The van der Waals surface area contributed by atoms with Crippen LogP contribution in [0.2, 0.25) is 0 Å². The summed E-state index contributed by atoms with van der Waals surface area (Å²) in [5.74, 6) is -0.320. The van der Waals surface area contributed by atoms with E-state index >= 15 is 0 Å². The van der Waals surface area contributed by atoms with E-state index in [9.17, 15) is 14.7 Å². The number of hydrogen-bond donors (Lipinski definition) is 1. The molecule has 0 amide bonds. The first kappa shape index (κ1) is 22.7. The summed E-state index contributed by atoms with van der Waals surface area (Å²) >= 11 is 0. The molecular formula is C29H28N2O4. The lowest BCUT2D eigenvalue weighted by molar-refractivity contribution is -0.136. The molecule has 0 fully saturated rings. The maximum Gasteiger partial charge on any atom is 0.307 e.